The van der Waals surface area contributed by atoms with E-state index in [1.807, 2.05) is 6.92 Å². The predicted octanol–water partition coefficient (Wildman–Crippen LogP) is 2.07. The molecule has 18 heavy (non-hydrogen) atoms. The molecule has 0 saturated heterocycles. The van der Waals surface area contributed by atoms with Crippen LogP contribution in [0.15, 0.2) is 30.6 Å². The zero-order chi connectivity index (χ0) is 13.1. The van der Waals surface area contributed by atoms with Gasteiger partial charge in [0.05, 0.1) is 16.9 Å². The van der Waals surface area contributed by atoms with Gasteiger partial charge >= 0.3 is 0 Å². The summed E-state index contributed by atoms with van der Waals surface area (Å²) in [5, 5.41) is 7.19. The van der Waals surface area contributed by atoms with Gasteiger partial charge in [0.1, 0.15) is 6.54 Å². The molecule has 2 rings (SSSR count). The number of anilines is 2. The molecule has 0 fully saturated rings. The van der Waals surface area contributed by atoms with Crippen LogP contribution in [-0.4, -0.2) is 15.7 Å². The maximum absolute atomic E-state index is 11.8. The molecule has 0 atom stereocenters. The highest BCUT2D eigenvalue weighted by molar-refractivity contribution is 6.33. The average molecular weight is 265 g/mol. The maximum atomic E-state index is 11.8. The molecule has 2 aromatic rings. The highest BCUT2D eigenvalue weighted by Gasteiger charge is 2.07. The molecule has 0 radical (unpaired) electrons. The highest BCUT2D eigenvalue weighted by Crippen LogP contribution is 2.23. The van der Waals surface area contributed by atoms with Crippen LogP contribution in [0.1, 0.15) is 5.56 Å². The van der Waals surface area contributed by atoms with Crippen molar-refractivity contribution >= 4 is 28.9 Å². The molecule has 0 unspecified atom stereocenters. The lowest BCUT2D eigenvalue weighted by Gasteiger charge is -2.08. The summed E-state index contributed by atoms with van der Waals surface area (Å²) in [4.78, 5) is 11.8. The van der Waals surface area contributed by atoms with E-state index >= 15 is 0 Å². The lowest BCUT2D eigenvalue weighted by atomic mass is 10.3. The van der Waals surface area contributed by atoms with Crippen LogP contribution in [0.3, 0.4) is 0 Å². The van der Waals surface area contributed by atoms with Crippen LogP contribution >= 0.6 is 11.6 Å². The molecular weight excluding hydrogens is 252 g/mol. The highest BCUT2D eigenvalue weighted by atomic mass is 35.5. The largest absolute Gasteiger partial charge is 0.399 e. The predicted molar refractivity (Wildman–Crippen MR) is 71.5 cm³/mol. The standard InChI is InChI=1S/C12H13ClN4O/c1-8-5-15-17(6-8)7-12(18)16-11-4-9(14)2-3-10(11)13/h2-6H,7,14H2,1H3,(H,16,18). The Hall–Kier alpha value is -2.01. The molecule has 0 aliphatic rings. The Morgan fingerprint density at radius 1 is 1.56 bits per heavy atom. The van der Waals surface area contributed by atoms with Gasteiger partial charge in [-0.2, -0.15) is 5.10 Å². The van der Waals surface area contributed by atoms with E-state index in [0.717, 1.165) is 5.56 Å². The second kappa shape index (κ2) is 5.10. The molecule has 0 bridgehead atoms. The van der Waals surface area contributed by atoms with E-state index in [0.29, 0.717) is 16.4 Å². The first-order valence-electron chi connectivity index (χ1n) is 5.38. The van der Waals surface area contributed by atoms with Crippen LogP contribution in [0.4, 0.5) is 11.4 Å². The van der Waals surface area contributed by atoms with Crippen LogP contribution in [0, 0.1) is 6.92 Å². The number of nitrogens with zero attached hydrogens (tertiary/aromatic N) is 2. The summed E-state index contributed by atoms with van der Waals surface area (Å²) < 4.78 is 1.56. The third kappa shape index (κ3) is 3.01. The number of nitrogen functional groups attached to an aromatic ring is 1. The van der Waals surface area contributed by atoms with Crippen molar-refractivity contribution in [3.05, 3.63) is 41.2 Å². The van der Waals surface area contributed by atoms with Crippen molar-refractivity contribution in [2.75, 3.05) is 11.1 Å². The summed E-state index contributed by atoms with van der Waals surface area (Å²) in [6.07, 6.45) is 3.49. The van der Waals surface area contributed by atoms with Gasteiger partial charge in [0.2, 0.25) is 5.91 Å². The van der Waals surface area contributed by atoms with E-state index in [4.69, 9.17) is 17.3 Å². The molecule has 0 aliphatic carbocycles. The number of nitrogens with one attached hydrogen (secondary N) is 1. The molecule has 0 saturated carbocycles. The van der Waals surface area contributed by atoms with E-state index in [1.54, 1.807) is 35.3 Å². The molecule has 0 aliphatic heterocycles. The Morgan fingerprint density at radius 3 is 3.00 bits per heavy atom. The Balaban J connectivity index is 2.05. The number of hydrogen-bond acceptors (Lipinski definition) is 3. The van der Waals surface area contributed by atoms with Crippen LogP contribution in [0.5, 0.6) is 0 Å². The fraction of sp³-hybridized carbons (Fsp3) is 0.167. The van der Waals surface area contributed by atoms with Crippen molar-refractivity contribution in [3.63, 3.8) is 0 Å². The van der Waals surface area contributed by atoms with Gasteiger partial charge in [-0.15, -0.1) is 0 Å². The second-order valence-corrected chi connectivity index (χ2v) is 4.41. The van der Waals surface area contributed by atoms with Crippen molar-refractivity contribution < 1.29 is 4.79 Å². The van der Waals surface area contributed by atoms with Gasteiger partial charge in [0, 0.05) is 11.9 Å². The van der Waals surface area contributed by atoms with E-state index in [-0.39, 0.29) is 12.5 Å². The van der Waals surface area contributed by atoms with Crippen molar-refractivity contribution in [1.29, 1.82) is 0 Å². The fourth-order valence-electron chi connectivity index (χ4n) is 1.53. The molecule has 0 spiro atoms. The Kier molecular flexibility index (Phi) is 3.53. The maximum Gasteiger partial charge on any atom is 0.246 e. The first kappa shape index (κ1) is 12.4. The first-order valence-corrected chi connectivity index (χ1v) is 5.76. The molecule has 6 heteroatoms. The lowest BCUT2D eigenvalue weighted by molar-refractivity contribution is -0.116. The monoisotopic (exact) mass is 264 g/mol. The molecule has 5 nitrogen and oxygen atoms in total. The number of carbonyl (C=O) groups is 1. The topological polar surface area (TPSA) is 72.9 Å². The number of benzene rings is 1. The molecule has 3 N–H and O–H groups in total. The number of aromatic nitrogens is 2. The summed E-state index contributed by atoms with van der Waals surface area (Å²) in [6, 6.07) is 4.94. The van der Waals surface area contributed by atoms with Gasteiger partial charge in [-0.05, 0) is 30.7 Å². The molecular formula is C12H13ClN4O. The smallest absolute Gasteiger partial charge is 0.246 e. The van der Waals surface area contributed by atoms with Crippen LogP contribution in [-0.2, 0) is 11.3 Å². The molecule has 1 aromatic carbocycles. The number of aryl methyl sites for hydroxylation is 1. The van der Waals surface area contributed by atoms with Crippen molar-refractivity contribution in [1.82, 2.24) is 9.78 Å². The number of carbonyl (C=O) groups excluding carboxylic acids is 1. The fourth-order valence-corrected chi connectivity index (χ4v) is 1.69. The second-order valence-electron chi connectivity index (χ2n) is 4.00. The molecule has 1 heterocycles. The Labute approximate surface area is 110 Å². The zero-order valence-electron chi connectivity index (χ0n) is 9.85. The SMILES string of the molecule is Cc1cnn(CC(=O)Nc2cc(N)ccc2Cl)c1. The van der Waals surface area contributed by atoms with Crippen LogP contribution in [0.25, 0.3) is 0 Å². The van der Waals surface area contributed by atoms with Gasteiger partial charge in [-0.25, -0.2) is 0 Å². The molecule has 94 valence electrons. The van der Waals surface area contributed by atoms with Crippen LogP contribution < -0.4 is 11.1 Å². The summed E-state index contributed by atoms with van der Waals surface area (Å²) in [5.74, 6) is -0.203. The Morgan fingerprint density at radius 2 is 2.33 bits per heavy atom. The quantitative estimate of drug-likeness (QED) is 0.834. The van der Waals surface area contributed by atoms with Gasteiger partial charge in [0.15, 0.2) is 0 Å². The third-order valence-corrected chi connectivity index (χ3v) is 2.66. The van der Waals surface area contributed by atoms with E-state index in [2.05, 4.69) is 10.4 Å². The summed E-state index contributed by atoms with van der Waals surface area (Å²) >= 11 is 5.95. The number of rotatable bonds is 3. The van der Waals surface area contributed by atoms with Crippen molar-refractivity contribution in [3.8, 4) is 0 Å². The summed E-state index contributed by atoms with van der Waals surface area (Å²) in [6.45, 7) is 2.05. The minimum Gasteiger partial charge on any atom is -0.399 e. The van der Waals surface area contributed by atoms with E-state index in [9.17, 15) is 4.79 Å². The normalized spacial score (nSPS) is 10.3. The van der Waals surface area contributed by atoms with Gasteiger partial charge in [0.25, 0.3) is 0 Å². The third-order valence-electron chi connectivity index (χ3n) is 2.33. The van der Waals surface area contributed by atoms with Gasteiger partial charge < -0.3 is 11.1 Å². The number of hydrogen-bond donors (Lipinski definition) is 2. The minimum absolute atomic E-state index is 0.138. The van der Waals surface area contributed by atoms with Crippen molar-refractivity contribution in [2.45, 2.75) is 13.5 Å². The Bertz CT molecular complexity index is 579. The van der Waals surface area contributed by atoms with Gasteiger partial charge in [-0.1, -0.05) is 11.6 Å². The first-order chi connectivity index (χ1) is 8.54. The summed E-state index contributed by atoms with van der Waals surface area (Å²) in [5.41, 5.74) is 7.69. The average Bonchev–Trinajstić information content (AvgIpc) is 2.69. The number of amides is 1. The van der Waals surface area contributed by atoms with E-state index in [1.165, 1.54) is 0 Å². The lowest BCUT2D eigenvalue weighted by Crippen LogP contribution is -2.19. The molecule has 1 amide bonds. The number of nitrogens with two attached hydrogens (primary N) is 1. The van der Waals surface area contributed by atoms with Gasteiger partial charge in [-0.3, -0.25) is 9.48 Å². The summed E-state index contributed by atoms with van der Waals surface area (Å²) in [7, 11) is 0. The van der Waals surface area contributed by atoms with E-state index < -0.39 is 0 Å². The molecule has 1 aromatic heterocycles. The minimum atomic E-state index is -0.203. The number of halogens is 1. The van der Waals surface area contributed by atoms with Crippen molar-refractivity contribution in [2.24, 2.45) is 0 Å². The zero-order valence-corrected chi connectivity index (χ0v) is 10.6. The van der Waals surface area contributed by atoms with Crippen LogP contribution in [0.2, 0.25) is 5.02 Å².